The molecule has 12 heteroatoms. The van der Waals surface area contributed by atoms with Crippen molar-refractivity contribution in [3.05, 3.63) is 95.0 Å². The fourth-order valence-corrected chi connectivity index (χ4v) is 5.26. The van der Waals surface area contributed by atoms with Crippen LogP contribution in [0.1, 0.15) is 18.1 Å². The number of benzene rings is 3. The first-order chi connectivity index (χ1) is 19.0. The summed E-state index contributed by atoms with van der Waals surface area (Å²) in [5, 5.41) is 18.3. The number of hydrogen-bond donors (Lipinski definition) is 2. The van der Waals surface area contributed by atoms with Crippen molar-refractivity contribution in [1.82, 2.24) is 9.73 Å². The number of carbonyl (C=O) groups is 1. The summed E-state index contributed by atoms with van der Waals surface area (Å²) in [6, 6.07) is 22.0. The Labute approximate surface area is 238 Å². The van der Waals surface area contributed by atoms with E-state index in [1.54, 1.807) is 31.2 Å². The minimum atomic E-state index is -4.16. The van der Waals surface area contributed by atoms with Crippen molar-refractivity contribution in [2.45, 2.75) is 17.4 Å². The van der Waals surface area contributed by atoms with Crippen LogP contribution in [-0.2, 0) is 25.2 Å². The zero-order valence-corrected chi connectivity index (χ0v) is 23.9. The molecule has 0 aliphatic carbocycles. The Hall–Kier alpha value is -3.93. The first kappa shape index (κ1) is 29.1. The first-order valence-electron chi connectivity index (χ1n) is 12.4. The molecule has 1 heterocycles. The van der Waals surface area contributed by atoms with Crippen molar-refractivity contribution < 1.29 is 23.1 Å². The number of hydrogen-bond acceptors (Lipinski definition) is 8. The van der Waals surface area contributed by atoms with E-state index in [-0.39, 0.29) is 24.0 Å². The highest BCUT2D eigenvalue weighted by atomic mass is 35.5. The van der Waals surface area contributed by atoms with Gasteiger partial charge in [0.05, 0.1) is 18.0 Å². The van der Waals surface area contributed by atoms with Crippen LogP contribution in [0.25, 0.3) is 0 Å². The van der Waals surface area contributed by atoms with Gasteiger partial charge in [0.25, 0.3) is 10.0 Å². The molecule has 0 spiro atoms. The zero-order valence-electron chi connectivity index (χ0n) is 22.3. The van der Waals surface area contributed by atoms with Gasteiger partial charge in [-0.2, -0.15) is 5.10 Å². The van der Waals surface area contributed by atoms with Crippen LogP contribution in [0.3, 0.4) is 0 Å². The number of sulfonamides is 1. The molecule has 0 fully saturated rings. The smallest absolute Gasteiger partial charge is 0.327 e. The van der Waals surface area contributed by atoms with Gasteiger partial charge in [-0.05, 0) is 48.9 Å². The lowest BCUT2D eigenvalue weighted by molar-refractivity contribution is -0.141. The number of guanidine groups is 1. The van der Waals surface area contributed by atoms with Crippen LogP contribution in [0, 0.1) is 0 Å². The SMILES string of the molecule is CCOC(=O)CN=C(NS(=O)(=O)c1ccc(Cl)cc1)N1CC(O)(c2ccccc2)C(c2ccc(N(C)C)cc2)=N1. The molecule has 0 amide bonds. The molecule has 0 saturated carbocycles. The van der Waals surface area contributed by atoms with E-state index in [1.165, 1.54) is 29.3 Å². The summed E-state index contributed by atoms with van der Waals surface area (Å²) in [5.74, 6) is -0.899. The average Bonchev–Trinajstić information content (AvgIpc) is 3.30. The Morgan fingerprint density at radius 1 is 1.10 bits per heavy atom. The van der Waals surface area contributed by atoms with E-state index in [2.05, 4.69) is 14.8 Å². The Morgan fingerprint density at radius 2 is 1.75 bits per heavy atom. The fraction of sp³-hybridized carbons (Fsp3) is 0.250. The maximum absolute atomic E-state index is 13.3. The number of hydrazone groups is 1. The van der Waals surface area contributed by atoms with Crippen LogP contribution >= 0.6 is 11.6 Å². The minimum absolute atomic E-state index is 0.0678. The molecule has 0 radical (unpaired) electrons. The molecule has 40 heavy (non-hydrogen) atoms. The number of rotatable bonds is 8. The third-order valence-corrected chi connectivity index (χ3v) is 7.75. The van der Waals surface area contributed by atoms with Crippen molar-refractivity contribution in [3.63, 3.8) is 0 Å². The summed E-state index contributed by atoms with van der Waals surface area (Å²) in [7, 11) is -0.323. The van der Waals surface area contributed by atoms with Crippen molar-refractivity contribution in [3.8, 4) is 0 Å². The molecule has 1 aliphatic rings. The van der Waals surface area contributed by atoms with Gasteiger partial charge in [-0.3, -0.25) is 4.79 Å². The molecule has 1 unspecified atom stereocenters. The number of nitrogens with one attached hydrogen (secondary N) is 1. The number of ether oxygens (including phenoxy) is 1. The van der Waals surface area contributed by atoms with Gasteiger partial charge in [0.15, 0.2) is 5.60 Å². The topological polar surface area (TPSA) is 124 Å². The molecule has 4 rings (SSSR count). The molecule has 1 atom stereocenters. The highest BCUT2D eigenvalue weighted by molar-refractivity contribution is 7.90. The molecule has 3 aromatic carbocycles. The minimum Gasteiger partial charge on any atom is -0.465 e. The summed E-state index contributed by atoms with van der Waals surface area (Å²) in [4.78, 5) is 18.2. The zero-order chi connectivity index (χ0) is 28.9. The third kappa shape index (κ3) is 6.44. The largest absolute Gasteiger partial charge is 0.465 e. The average molecular weight is 584 g/mol. The lowest BCUT2D eigenvalue weighted by atomic mass is 9.86. The molecule has 0 aromatic heterocycles. The number of nitrogens with zero attached hydrogens (tertiary/aromatic N) is 4. The molecule has 210 valence electrons. The quantitative estimate of drug-likeness (QED) is 0.237. The van der Waals surface area contributed by atoms with Crippen LogP contribution in [-0.4, -0.2) is 70.0 Å². The molecule has 2 N–H and O–H groups in total. The van der Waals surface area contributed by atoms with Gasteiger partial charge in [-0.1, -0.05) is 54.1 Å². The van der Waals surface area contributed by atoms with E-state index >= 15 is 0 Å². The second-order valence-electron chi connectivity index (χ2n) is 9.18. The maximum atomic E-state index is 13.3. The molecular formula is C28H30ClN5O5S. The molecule has 0 saturated heterocycles. The number of anilines is 1. The van der Waals surface area contributed by atoms with E-state index in [9.17, 15) is 18.3 Å². The second-order valence-corrected chi connectivity index (χ2v) is 11.3. The number of β-amino-alcohol motifs (C(OH)–C–C–N with tert-alkyl or cyclic N) is 1. The monoisotopic (exact) mass is 583 g/mol. The number of aliphatic hydroxyl groups is 1. The number of aliphatic imine (C=N–C) groups is 1. The van der Waals surface area contributed by atoms with Gasteiger partial charge in [-0.25, -0.2) is 23.1 Å². The van der Waals surface area contributed by atoms with Crippen LogP contribution in [0.4, 0.5) is 5.69 Å². The van der Waals surface area contributed by atoms with Crippen LogP contribution in [0.2, 0.25) is 5.02 Å². The number of halogens is 1. The highest BCUT2D eigenvalue weighted by Gasteiger charge is 2.45. The van der Waals surface area contributed by atoms with Crippen LogP contribution in [0.15, 0.2) is 93.9 Å². The predicted molar refractivity (Wildman–Crippen MR) is 155 cm³/mol. The third-order valence-electron chi connectivity index (χ3n) is 6.16. The standard InChI is InChI=1S/C28H30ClN5O5S/c1-4-39-25(35)18-30-27(32-40(37,38)24-16-12-22(29)13-17-24)34-19-28(36,21-8-6-5-7-9-21)26(31-34)20-10-14-23(15-11-20)33(2)3/h5-17,36H,4,18-19H2,1-3H3,(H,30,32). The van der Waals surface area contributed by atoms with E-state index in [0.29, 0.717) is 21.9 Å². The van der Waals surface area contributed by atoms with Gasteiger partial charge in [-0.15, -0.1) is 0 Å². The van der Waals surface area contributed by atoms with E-state index in [4.69, 9.17) is 16.3 Å². The van der Waals surface area contributed by atoms with Gasteiger partial charge in [0.1, 0.15) is 12.3 Å². The Kier molecular flexibility index (Phi) is 8.77. The van der Waals surface area contributed by atoms with E-state index < -0.39 is 28.1 Å². The fourth-order valence-electron chi connectivity index (χ4n) is 4.11. The summed E-state index contributed by atoms with van der Waals surface area (Å²) in [5.41, 5.74) is 0.800. The van der Waals surface area contributed by atoms with E-state index in [1.807, 2.05) is 49.3 Å². The van der Waals surface area contributed by atoms with Crippen molar-refractivity contribution >= 4 is 45.0 Å². The molecule has 10 nitrogen and oxygen atoms in total. The molecule has 3 aromatic rings. The number of esters is 1. The van der Waals surface area contributed by atoms with Crippen molar-refractivity contribution in [2.75, 3.05) is 38.7 Å². The summed E-state index contributed by atoms with van der Waals surface area (Å²) in [6.07, 6.45) is 0. The lowest BCUT2D eigenvalue weighted by Gasteiger charge is -2.26. The summed E-state index contributed by atoms with van der Waals surface area (Å²) < 4.78 is 33.9. The molecule has 0 bridgehead atoms. The van der Waals surface area contributed by atoms with Crippen LogP contribution in [0.5, 0.6) is 0 Å². The lowest BCUT2D eigenvalue weighted by Crippen LogP contribution is -2.45. The van der Waals surface area contributed by atoms with Gasteiger partial charge in [0.2, 0.25) is 5.96 Å². The maximum Gasteiger partial charge on any atom is 0.327 e. The Balaban J connectivity index is 1.78. The van der Waals surface area contributed by atoms with E-state index in [0.717, 1.165) is 5.69 Å². The van der Waals surface area contributed by atoms with Gasteiger partial charge >= 0.3 is 5.97 Å². The van der Waals surface area contributed by atoms with Crippen molar-refractivity contribution in [2.24, 2.45) is 10.1 Å². The molecule has 1 aliphatic heterocycles. The number of carbonyl (C=O) groups excluding carboxylic acids is 1. The van der Waals surface area contributed by atoms with Crippen molar-refractivity contribution in [1.29, 1.82) is 0 Å². The predicted octanol–water partition coefficient (Wildman–Crippen LogP) is 3.21. The van der Waals surface area contributed by atoms with Gasteiger partial charge < -0.3 is 14.7 Å². The Bertz CT molecular complexity index is 1510. The van der Waals surface area contributed by atoms with Gasteiger partial charge in [0, 0.05) is 30.4 Å². The first-order valence-corrected chi connectivity index (χ1v) is 14.3. The Morgan fingerprint density at radius 3 is 2.35 bits per heavy atom. The van der Waals surface area contributed by atoms with Crippen LogP contribution < -0.4 is 9.62 Å². The summed E-state index contributed by atoms with van der Waals surface area (Å²) >= 11 is 5.93. The normalized spacial score (nSPS) is 17.4. The molecular weight excluding hydrogens is 554 g/mol. The summed E-state index contributed by atoms with van der Waals surface area (Å²) in [6.45, 7) is 1.16. The second kappa shape index (κ2) is 12.1. The highest BCUT2D eigenvalue weighted by Crippen LogP contribution is 2.33.